The second kappa shape index (κ2) is 15.6. The first-order valence-corrected chi connectivity index (χ1v) is 13.5. The Bertz CT molecular complexity index is 1120. The molecule has 0 spiro atoms. The molecule has 1 aromatic carbocycles. The highest BCUT2D eigenvalue weighted by Gasteiger charge is 2.31. The van der Waals surface area contributed by atoms with Crippen LogP contribution < -0.4 is 10.1 Å². The third-order valence-electron chi connectivity index (χ3n) is 5.37. The Morgan fingerprint density at radius 3 is 2.47 bits per heavy atom. The molecule has 3 aromatic rings. The van der Waals surface area contributed by atoms with Crippen molar-refractivity contribution in [3.8, 4) is 16.5 Å². The number of rotatable bonds is 7. The zero-order valence-electron chi connectivity index (χ0n) is 22.8. The van der Waals surface area contributed by atoms with Gasteiger partial charge >= 0.3 is 6.18 Å². The maximum atomic E-state index is 13.1. The topological polar surface area (TPSA) is 78.4 Å². The minimum atomic E-state index is -4.48. The second-order valence-corrected chi connectivity index (χ2v) is 9.23. The van der Waals surface area contributed by atoms with Gasteiger partial charge in [0.2, 0.25) is 5.95 Å². The summed E-state index contributed by atoms with van der Waals surface area (Å²) < 4.78 is 54.4. The summed E-state index contributed by atoms with van der Waals surface area (Å²) in [4.78, 5) is 14.3. The molecule has 1 aliphatic rings. The quantitative estimate of drug-likeness (QED) is 0.319. The first-order valence-electron chi connectivity index (χ1n) is 12.7. The van der Waals surface area contributed by atoms with Gasteiger partial charge in [0.05, 0.1) is 18.4 Å². The molecule has 1 saturated heterocycles. The molecule has 3 heterocycles. The number of aryl methyl sites for hydroxylation is 2. The van der Waals surface area contributed by atoms with Crippen LogP contribution in [0.25, 0.3) is 10.7 Å². The zero-order valence-corrected chi connectivity index (χ0v) is 23.6. The lowest BCUT2D eigenvalue weighted by atomic mass is 10.2. The van der Waals surface area contributed by atoms with Crippen LogP contribution in [0, 0.1) is 6.92 Å². The number of hydrogen-bond acceptors (Lipinski definition) is 8. The summed E-state index contributed by atoms with van der Waals surface area (Å²) in [5, 5.41) is 3.58. The molecule has 1 aliphatic heterocycles. The molecule has 11 heteroatoms. The van der Waals surface area contributed by atoms with E-state index in [2.05, 4.69) is 27.2 Å². The van der Waals surface area contributed by atoms with Gasteiger partial charge in [-0.25, -0.2) is 15.0 Å². The van der Waals surface area contributed by atoms with Gasteiger partial charge in [-0.05, 0) is 50.8 Å². The van der Waals surface area contributed by atoms with E-state index in [-0.39, 0.29) is 23.7 Å². The second-order valence-electron chi connectivity index (χ2n) is 8.15. The van der Waals surface area contributed by atoms with Crippen molar-refractivity contribution < 1.29 is 27.4 Å². The van der Waals surface area contributed by atoms with Gasteiger partial charge in [0, 0.05) is 36.5 Å². The molecule has 1 unspecified atom stereocenters. The first kappa shape index (κ1) is 31.5. The Hall–Kier alpha value is -2.76. The summed E-state index contributed by atoms with van der Waals surface area (Å²) in [7, 11) is 3.01. The van der Waals surface area contributed by atoms with E-state index in [1.54, 1.807) is 30.7 Å². The number of alkyl halides is 3. The first-order chi connectivity index (χ1) is 18.2. The van der Waals surface area contributed by atoms with Crippen LogP contribution in [0.4, 0.5) is 24.8 Å². The maximum Gasteiger partial charge on any atom is 0.416 e. The number of nitrogens with one attached hydrogen (secondary N) is 1. The summed E-state index contributed by atoms with van der Waals surface area (Å²) >= 11 is 1.57. The van der Waals surface area contributed by atoms with Crippen LogP contribution in [-0.4, -0.2) is 42.1 Å². The van der Waals surface area contributed by atoms with Gasteiger partial charge in [-0.1, -0.05) is 27.2 Å². The van der Waals surface area contributed by atoms with Crippen molar-refractivity contribution in [2.45, 2.75) is 72.3 Å². The fourth-order valence-corrected chi connectivity index (χ4v) is 4.65. The van der Waals surface area contributed by atoms with Gasteiger partial charge in [-0.3, -0.25) is 0 Å². The summed E-state index contributed by atoms with van der Waals surface area (Å²) in [6.07, 6.45) is 2.63. The van der Waals surface area contributed by atoms with Gasteiger partial charge in [-0.15, -0.1) is 11.3 Å². The smallest absolute Gasteiger partial charge is 0.416 e. The van der Waals surface area contributed by atoms with Crippen molar-refractivity contribution in [1.82, 2.24) is 15.0 Å². The number of aromatic nitrogens is 3. The molecule has 4 rings (SSSR count). The van der Waals surface area contributed by atoms with E-state index in [0.29, 0.717) is 5.69 Å². The lowest BCUT2D eigenvalue weighted by Crippen LogP contribution is -2.20. The number of halogens is 3. The fraction of sp³-hybridized carbons (Fsp3) is 0.519. The van der Waals surface area contributed by atoms with E-state index in [1.807, 2.05) is 20.8 Å². The Balaban J connectivity index is 0.000000428. The number of anilines is 2. The Labute approximate surface area is 226 Å². The Morgan fingerprint density at radius 2 is 1.89 bits per heavy atom. The highest BCUT2D eigenvalue weighted by atomic mass is 32.1. The van der Waals surface area contributed by atoms with Crippen LogP contribution in [0.2, 0.25) is 0 Å². The molecule has 0 aliphatic carbocycles. The SMILES string of the molecule is CC.CCCc1sc(-c2ccnc(Nc3cc(OC)cc(C(F)(F)F)c3)n2)nc1C.COC1CCCCO1. The summed E-state index contributed by atoms with van der Waals surface area (Å²) in [5.41, 5.74) is 0.959. The van der Waals surface area contributed by atoms with Crippen LogP contribution in [0.3, 0.4) is 0 Å². The molecule has 7 nitrogen and oxygen atoms in total. The fourth-order valence-electron chi connectivity index (χ4n) is 3.51. The highest BCUT2D eigenvalue weighted by molar-refractivity contribution is 7.15. The third kappa shape index (κ3) is 9.52. The molecule has 2 aromatic heterocycles. The van der Waals surface area contributed by atoms with Gasteiger partial charge < -0.3 is 19.5 Å². The zero-order chi connectivity index (χ0) is 28.1. The molecule has 210 valence electrons. The van der Waals surface area contributed by atoms with Crippen LogP contribution in [-0.2, 0) is 22.1 Å². The van der Waals surface area contributed by atoms with E-state index in [0.717, 1.165) is 48.7 Å². The van der Waals surface area contributed by atoms with Crippen LogP contribution in [0.15, 0.2) is 30.5 Å². The van der Waals surface area contributed by atoms with E-state index in [1.165, 1.54) is 30.9 Å². The number of hydrogen-bond donors (Lipinski definition) is 1. The van der Waals surface area contributed by atoms with Crippen molar-refractivity contribution >= 4 is 23.0 Å². The molecule has 1 fully saturated rings. The van der Waals surface area contributed by atoms with E-state index < -0.39 is 11.7 Å². The third-order valence-corrected chi connectivity index (χ3v) is 6.61. The van der Waals surface area contributed by atoms with E-state index >= 15 is 0 Å². The summed E-state index contributed by atoms with van der Waals surface area (Å²) in [5.74, 6) is 0.275. The van der Waals surface area contributed by atoms with Gasteiger partial charge in [0.25, 0.3) is 0 Å². The van der Waals surface area contributed by atoms with Crippen molar-refractivity contribution in [3.63, 3.8) is 0 Å². The van der Waals surface area contributed by atoms with Crippen molar-refractivity contribution in [2.24, 2.45) is 0 Å². The lowest BCUT2D eigenvalue weighted by Gasteiger charge is -2.20. The van der Waals surface area contributed by atoms with Crippen LogP contribution in [0.1, 0.15) is 62.6 Å². The van der Waals surface area contributed by atoms with Gasteiger partial charge in [-0.2, -0.15) is 13.2 Å². The molecular weight excluding hydrogens is 517 g/mol. The van der Waals surface area contributed by atoms with Crippen molar-refractivity contribution in [3.05, 3.63) is 46.6 Å². The minimum absolute atomic E-state index is 0.0868. The largest absolute Gasteiger partial charge is 0.497 e. The molecular formula is C27H37F3N4O3S. The minimum Gasteiger partial charge on any atom is -0.497 e. The number of benzene rings is 1. The predicted molar refractivity (Wildman–Crippen MR) is 145 cm³/mol. The Kier molecular flexibility index (Phi) is 12.9. The Morgan fingerprint density at radius 1 is 1.13 bits per heavy atom. The average Bonchev–Trinajstić information content (AvgIpc) is 3.30. The molecule has 0 amide bonds. The van der Waals surface area contributed by atoms with Crippen molar-refractivity contribution in [1.29, 1.82) is 0 Å². The predicted octanol–water partition coefficient (Wildman–Crippen LogP) is 7.82. The lowest BCUT2D eigenvalue weighted by molar-refractivity contribution is -0.145. The van der Waals surface area contributed by atoms with E-state index in [9.17, 15) is 13.2 Å². The number of methoxy groups -OCH3 is 2. The summed E-state index contributed by atoms with van der Waals surface area (Å²) in [6, 6.07) is 5.12. The molecule has 38 heavy (non-hydrogen) atoms. The van der Waals surface area contributed by atoms with Crippen LogP contribution >= 0.6 is 11.3 Å². The highest BCUT2D eigenvalue weighted by Crippen LogP contribution is 2.35. The molecule has 1 N–H and O–H groups in total. The molecule has 1 atom stereocenters. The van der Waals surface area contributed by atoms with E-state index in [4.69, 9.17) is 14.2 Å². The average molecular weight is 555 g/mol. The van der Waals surface area contributed by atoms with Gasteiger partial charge in [0.15, 0.2) is 6.29 Å². The molecule has 0 radical (unpaired) electrons. The molecule has 0 bridgehead atoms. The number of thiazole rings is 1. The maximum absolute atomic E-state index is 13.1. The van der Waals surface area contributed by atoms with Crippen molar-refractivity contribution in [2.75, 3.05) is 26.1 Å². The standard InChI is InChI=1S/C19H19F3N4OS.C6H12O2.C2H6/c1-4-5-16-11(2)24-17(28-16)15-6-7-23-18(26-15)25-13-8-12(19(20,21)22)9-14(10-13)27-3;1-7-6-4-2-3-5-8-6;1-2/h6-10H,4-5H2,1-3H3,(H,23,25,26);6H,2-5H2,1H3;1-2H3. The number of ether oxygens (including phenoxy) is 3. The number of nitrogens with zero attached hydrogens (tertiary/aromatic N) is 3. The van der Waals surface area contributed by atoms with Gasteiger partial charge in [0.1, 0.15) is 16.5 Å². The summed E-state index contributed by atoms with van der Waals surface area (Å²) in [6.45, 7) is 8.94. The molecule has 0 saturated carbocycles. The van der Waals surface area contributed by atoms with Crippen LogP contribution in [0.5, 0.6) is 5.75 Å². The monoisotopic (exact) mass is 554 g/mol. The normalized spacial score (nSPS) is 15.0.